The predicted octanol–water partition coefficient (Wildman–Crippen LogP) is -0.690. The van der Waals surface area contributed by atoms with Crippen LogP contribution < -0.4 is 74.9 Å². The summed E-state index contributed by atoms with van der Waals surface area (Å²) in [6.07, 6.45) is -3.26. The molecule has 712 valence electrons. The number of aromatic nitrogens is 1. The molecule has 0 unspecified atom stereocenters. The van der Waals surface area contributed by atoms with Gasteiger partial charge >= 0.3 is 17.9 Å². The molecule has 1 aliphatic heterocycles. The largest absolute Gasteiger partial charge is 0.508 e. The van der Waals surface area contributed by atoms with Gasteiger partial charge in [-0.3, -0.25) is 86.3 Å². The van der Waals surface area contributed by atoms with E-state index in [2.05, 4.69) is 74.1 Å². The van der Waals surface area contributed by atoms with Crippen LogP contribution in [0, 0.1) is 17.8 Å². The number of fused-ring (bicyclic) bond motifs is 1. The van der Waals surface area contributed by atoms with Gasteiger partial charge in [-0.2, -0.15) is 0 Å². The fourth-order valence-electron chi connectivity index (χ4n) is 14.4. The number of aliphatic hydroxyl groups is 1. The molecule has 40 nitrogen and oxygen atoms in total. The Morgan fingerprint density at radius 3 is 1.51 bits per heavy atom. The maximum absolute atomic E-state index is 15.4. The fraction of sp³-hybridized carbons (Fsp3) is 0.451. The van der Waals surface area contributed by atoms with Gasteiger partial charge in [-0.05, 0) is 95.5 Å². The molecule has 1 saturated heterocycles. The maximum atomic E-state index is 15.4. The number of thioether (sulfide) groups is 1. The molecule has 0 saturated carbocycles. The van der Waals surface area contributed by atoms with Gasteiger partial charge in [-0.25, -0.2) is 0 Å². The number of H-pyrrole nitrogens is 1. The Hall–Kier alpha value is -13.8. The zero-order valence-electron chi connectivity index (χ0n) is 74.8. The van der Waals surface area contributed by atoms with Crippen LogP contribution in [0.25, 0.3) is 22.0 Å². The van der Waals surface area contributed by atoms with Gasteiger partial charge in [-0.15, -0.1) is 11.8 Å². The van der Waals surface area contributed by atoms with Crippen LogP contribution in [-0.2, 0) is 112 Å². The number of carboxylic acids is 3. The van der Waals surface area contributed by atoms with Gasteiger partial charge in [0.05, 0.1) is 50.4 Å². The first-order chi connectivity index (χ1) is 62.6. The second-order valence-corrected chi connectivity index (χ2v) is 34.6. The van der Waals surface area contributed by atoms with E-state index in [1.54, 1.807) is 113 Å². The van der Waals surface area contributed by atoms with Gasteiger partial charge in [-0.1, -0.05) is 157 Å². The van der Waals surface area contributed by atoms with Crippen LogP contribution in [0.2, 0.25) is 0 Å². The maximum Gasteiger partial charge on any atom is 0.305 e. The second kappa shape index (κ2) is 51.5. The normalized spacial score (nSPS) is 22.9. The quantitative estimate of drug-likeness (QED) is 0.0337. The molecule has 1 fully saturated rings. The number of hydrogen-bond acceptors (Lipinski definition) is 22. The molecule has 5 aromatic carbocycles. The Morgan fingerprint density at radius 2 is 0.955 bits per heavy atom. The number of aliphatic carboxylic acids is 3. The summed E-state index contributed by atoms with van der Waals surface area (Å²) in [5, 5.41) is 85.6. The molecule has 1 aromatic heterocycles. The van der Waals surface area contributed by atoms with E-state index in [0.29, 0.717) is 39.4 Å². The highest BCUT2D eigenvalue weighted by molar-refractivity contribution is 8.00. The SMILES string of the molecule is CC(C)C[C@@H]1NC[C@H](CC(=O)O)NC(=O)CN(C)C(=O)[C@H](C)N(C)C(=O)[C@H](CCC(=O)O)NC(=O)[C@H](Cc2ccc(-c3ccccc3)cc2)NC(=O)[C@H](CC(C)C)NC(=O)[C@H](Cc2c[nH]c3ccccc23)NC(=O)[C@H](CC(=O)O)NC(=O)[C@H](Cc2ccc(O)cc2)NC(=O)[C@H](Cc2ccccc2)NC(=O)CSC[C@@H](C(=O)NCC(N)=O)NC(=O)[C@H](CO)NC(=O)[C@H](C(C)C)NC1=O. The van der Waals surface area contributed by atoms with E-state index in [4.69, 9.17) is 5.73 Å². The standard InChI is InChI=1S/C91H119N17O23S/c1-49(2)34-64-81(121)106-79(51(5)6)89(129)104-71(46-109)88(128)105-72(80(120)95-44-73(92)111)47-132-48-75(113)97-66(36-53-18-12-10-13-19-53)83(123)101-68(38-55-26-30-60(110)31-27-55)85(125)103-70(41-78(118)119)87(127)102-69(39-58-42-93-62-23-17-16-22-61(58)62)86(126)99-65(35-50(3)4)82(122)100-67(37-54-24-28-57(29-25-54)56-20-14-11-15-21-56)84(124)98-63(32-33-76(114)115)91(131)108(9)52(7)90(130)107(8)45-74(112)96-59(43-94-64)40-77(116)117/h10-31,42,49-52,59,63-72,79,93-94,109-110H,32-41,43-48H2,1-9H3,(H2,92,111)(H,95,120)(H,96,112)(H,97,113)(H,98,124)(H,99,126)(H,100,122)(H,101,123)(H,102,127)(H,103,125)(H,104,129)(H,105,128)(H,106,121)(H,114,115)(H,116,117)(H,118,119)/t52-,59-,63-,64-,65-,66-,67-,68-,69-,70-,71-,72-,79-/m0/s1. The van der Waals surface area contributed by atoms with Crippen molar-refractivity contribution in [1.82, 2.24) is 83.9 Å². The molecule has 0 radical (unpaired) electrons. The minimum absolute atomic E-state index is 0.0415. The zero-order valence-corrected chi connectivity index (χ0v) is 75.6. The van der Waals surface area contributed by atoms with E-state index in [9.17, 15) is 83.1 Å². The number of aliphatic hydroxyl groups excluding tert-OH is 1. The summed E-state index contributed by atoms with van der Waals surface area (Å²) in [6.45, 7) is 8.22. The Balaban J connectivity index is 1.31. The Kier molecular flexibility index (Phi) is 41.1. The molecule has 15 amide bonds. The highest BCUT2D eigenvalue weighted by atomic mass is 32.2. The van der Waals surface area contributed by atoms with Gasteiger partial charge in [0.1, 0.15) is 72.2 Å². The van der Waals surface area contributed by atoms with E-state index in [-0.39, 0.29) is 49.3 Å². The highest BCUT2D eigenvalue weighted by Gasteiger charge is 2.40. The highest BCUT2D eigenvalue weighted by Crippen LogP contribution is 2.24. The monoisotopic (exact) mass is 1850 g/mol. The lowest BCUT2D eigenvalue weighted by Gasteiger charge is -2.32. The second-order valence-electron chi connectivity index (χ2n) is 33.5. The van der Waals surface area contributed by atoms with Crippen LogP contribution in [0.5, 0.6) is 5.75 Å². The third-order valence-corrected chi connectivity index (χ3v) is 22.6. The number of amides is 15. The number of nitrogens with zero attached hydrogens (tertiary/aromatic N) is 2. The summed E-state index contributed by atoms with van der Waals surface area (Å²) >= 11 is 0.707. The Labute approximate surface area is 766 Å². The number of nitrogens with two attached hydrogens (primary N) is 1. The first-order valence-electron chi connectivity index (χ1n) is 43.0. The van der Waals surface area contributed by atoms with Crippen molar-refractivity contribution in [2.45, 2.75) is 191 Å². The summed E-state index contributed by atoms with van der Waals surface area (Å²) in [7, 11) is 2.36. The smallest absolute Gasteiger partial charge is 0.305 e. The summed E-state index contributed by atoms with van der Waals surface area (Å²) in [5.41, 5.74) is 9.10. The number of para-hydroxylation sites is 1. The zero-order chi connectivity index (χ0) is 97.2. The molecule has 7 rings (SSSR count). The lowest BCUT2D eigenvalue weighted by Crippen LogP contribution is -2.61. The van der Waals surface area contributed by atoms with E-state index < -0.39 is 267 Å². The lowest BCUT2D eigenvalue weighted by molar-refractivity contribution is -0.146. The number of phenolic OH excluding ortho intramolecular Hbond substituents is 1. The van der Waals surface area contributed by atoms with Crippen LogP contribution in [0.1, 0.15) is 109 Å². The van der Waals surface area contributed by atoms with E-state index in [1.165, 1.54) is 59.1 Å². The van der Waals surface area contributed by atoms with E-state index in [0.717, 1.165) is 20.9 Å². The van der Waals surface area contributed by atoms with Crippen molar-refractivity contribution in [3.8, 4) is 16.9 Å². The van der Waals surface area contributed by atoms with Crippen LogP contribution in [0.4, 0.5) is 0 Å². The fourth-order valence-corrected chi connectivity index (χ4v) is 15.3. The number of rotatable bonds is 25. The van der Waals surface area contributed by atoms with Crippen LogP contribution in [0.15, 0.2) is 140 Å². The molecule has 0 aliphatic carbocycles. The third kappa shape index (κ3) is 33.9. The number of benzene rings is 5. The Bertz CT molecular complexity index is 5040. The first kappa shape index (κ1) is 105. The molecular formula is C91H119N17O23S. The van der Waals surface area contributed by atoms with E-state index >= 15 is 28.8 Å². The van der Waals surface area contributed by atoms with Crippen molar-refractivity contribution < 1.29 is 112 Å². The van der Waals surface area contributed by atoms with Gasteiger partial charge in [0, 0.05) is 75.6 Å². The summed E-state index contributed by atoms with van der Waals surface area (Å²) in [6, 6.07) is 15.2. The number of carboxylic acid groups (broad SMARTS) is 3. The number of nitrogens with one attached hydrogen (secondary N) is 14. The summed E-state index contributed by atoms with van der Waals surface area (Å²) in [5.74, 6) is -22.7. The number of hydrogen-bond donors (Lipinski definition) is 20. The minimum Gasteiger partial charge on any atom is -0.508 e. The molecule has 132 heavy (non-hydrogen) atoms. The molecule has 41 heteroatoms. The number of aromatic hydroxyl groups is 1. The lowest BCUT2D eigenvalue weighted by atomic mass is 9.98. The summed E-state index contributed by atoms with van der Waals surface area (Å²) in [4.78, 5) is 260. The molecule has 2 heterocycles. The van der Waals surface area contributed by atoms with Crippen molar-refractivity contribution in [3.05, 3.63) is 162 Å². The molecule has 21 N–H and O–H groups in total. The number of carbonyl (C=O) groups excluding carboxylic acids is 15. The van der Waals surface area contributed by atoms with Crippen molar-refractivity contribution in [2.24, 2.45) is 23.5 Å². The minimum atomic E-state index is -2.09. The van der Waals surface area contributed by atoms with Crippen LogP contribution in [0.3, 0.4) is 0 Å². The van der Waals surface area contributed by atoms with Crippen molar-refractivity contribution in [3.63, 3.8) is 0 Å². The number of likely N-dealkylation sites (N-methyl/N-ethyl adjacent to an activating group) is 2. The van der Waals surface area contributed by atoms with Crippen molar-refractivity contribution >= 4 is 129 Å². The topological polar surface area (TPSA) is 613 Å². The predicted molar refractivity (Wildman–Crippen MR) is 484 cm³/mol. The van der Waals surface area contributed by atoms with Gasteiger partial charge in [0.2, 0.25) is 88.6 Å². The number of phenols is 1. The van der Waals surface area contributed by atoms with Gasteiger partial charge < -0.3 is 115 Å². The van der Waals surface area contributed by atoms with Crippen molar-refractivity contribution in [1.29, 1.82) is 0 Å². The number of aromatic amines is 1. The molecule has 1 aliphatic rings. The van der Waals surface area contributed by atoms with Crippen LogP contribution in [-0.4, -0.2) is 277 Å². The van der Waals surface area contributed by atoms with Crippen molar-refractivity contribution in [2.75, 3.05) is 51.8 Å². The average molecular weight is 1850 g/mol. The molecule has 13 atom stereocenters. The molecule has 6 aromatic rings. The summed E-state index contributed by atoms with van der Waals surface area (Å²) < 4.78 is 0. The van der Waals surface area contributed by atoms with Crippen LogP contribution >= 0.6 is 11.8 Å². The third-order valence-electron chi connectivity index (χ3n) is 21.5. The number of primary amides is 1. The number of carbonyl (C=O) groups is 18. The molecular weight excluding hydrogens is 1730 g/mol. The van der Waals surface area contributed by atoms with Gasteiger partial charge in [0.15, 0.2) is 0 Å². The Morgan fingerprint density at radius 1 is 0.485 bits per heavy atom. The average Bonchev–Trinajstić information content (AvgIpc) is 1.62. The molecule has 0 bridgehead atoms. The van der Waals surface area contributed by atoms with Gasteiger partial charge in [0.25, 0.3) is 0 Å². The first-order valence-corrected chi connectivity index (χ1v) is 44.2. The molecule has 0 spiro atoms. The van der Waals surface area contributed by atoms with E-state index in [1.807, 2.05) is 30.3 Å².